The lowest BCUT2D eigenvalue weighted by Crippen LogP contribution is -1.77. The summed E-state index contributed by atoms with van der Waals surface area (Å²) in [5, 5.41) is 0. The van der Waals surface area contributed by atoms with Crippen molar-refractivity contribution in [1.82, 2.24) is 0 Å². The first-order valence-corrected chi connectivity index (χ1v) is 5.55. The first kappa shape index (κ1) is 11.0. The predicted molar refractivity (Wildman–Crippen MR) is 62.9 cm³/mol. The van der Waals surface area contributed by atoms with Gasteiger partial charge in [0.2, 0.25) is 0 Å². The molecule has 0 saturated heterocycles. The summed E-state index contributed by atoms with van der Waals surface area (Å²) in [7, 11) is 0. The van der Waals surface area contributed by atoms with Crippen molar-refractivity contribution in [2.24, 2.45) is 0 Å². The highest BCUT2D eigenvalue weighted by atomic mass is 13.9. The van der Waals surface area contributed by atoms with E-state index in [9.17, 15) is 0 Å². The first-order valence-electron chi connectivity index (χ1n) is 5.55. The van der Waals surface area contributed by atoms with Gasteiger partial charge in [-0.3, -0.25) is 0 Å². The van der Waals surface area contributed by atoms with Gasteiger partial charge in [-0.15, -0.1) is 0 Å². The maximum absolute atomic E-state index is 3.28. The highest BCUT2D eigenvalue weighted by molar-refractivity contribution is 5.14. The average Bonchev–Trinajstić information content (AvgIpc) is 2.22. The molecule has 14 heavy (non-hydrogen) atoms. The Bertz CT molecular complexity index is 202. The van der Waals surface area contributed by atoms with Gasteiger partial charge in [-0.2, -0.15) is 0 Å². The average molecular weight is 187 g/mol. The molecule has 0 saturated carbocycles. The molecule has 0 N–H and O–H groups in total. The van der Waals surface area contributed by atoms with Crippen LogP contribution in [0.2, 0.25) is 0 Å². The van der Waals surface area contributed by atoms with Gasteiger partial charge in [-0.05, 0) is 31.8 Å². The lowest BCUT2D eigenvalue weighted by atomic mass is 10.1. The normalized spacial score (nSPS) is 19.4. The Labute approximate surface area is 87.7 Å². The Kier molecular flexibility index (Phi) is 6.74. The van der Waals surface area contributed by atoms with Gasteiger partial charge in [-0.1, -0.05) is 55.4 Å². The van der Waals surface area contributed by atoms with E-state index < -0.39 is 0 Å². The van der Waals surface area contributed by atoms with Gasteiger partial charge in [0.05, 0.1) is 0 Å². The van der Waals surface area contributed by atoms with Crippen molar-refractivity contribution in [3.8, 4) is 0 Å². The van der Waals surface area contributed by atoms with E-state index in [4.69, 9.17) is 0 Å². The molecule has 75 valence electrons. The van der Waals surface area contributed by atoms with Crippen molar-refractivity contribution in [3.63, 3.8) is 0 Å². The minimum absolute atomic E-state index is 1.10. The maximum Gasteiger partial charge on any atom is -0.0276 e. The Morgan fingerprint density at radius 2 is 1.50 bits per heavy atom. The molecule has 0 nitrogen and oxygen atoms in total. The van der Waals surface area contributed by atoms with E-state index in [-0.39, 0.29) is 0 Å². The summed E-state index contributed by atoms with van der Waals surface area (Å²) in [4.78, 5) is 0. The molecule has 0 aromatic rings. The van der Waals surface area contributed by atoms with Crippen molar-refractivity contribution >= 4 is 0 Å². The molecule has 1 aliphatic carbocycles. The fraction of sp³-hybridized carbons (Fsp3) is 0.429. The third-order valence-corrected chi connectivity index (χ3v) is 2.24. The first-order chi connectivity index (χ1) is 7.00. The number of allylic oxidation sites excluding steroid dienone is 8. The van der Waals surface area contributed by atoms with E-state index in [1.807, 2.05) is 18.2 Å². The maximum atomic E-state index is 3.28. The third kappa shape index (κ3) is 6.47. The van der Waals surface area contributed by atoms with E-state index in [1.165, 1.54) is 32.1 Å². The summed E-state index contributed by atoms with van der Waals surface area (Å²) in [6.07, 6.45) is 25.5. The van der Waals surface area contributed by atoms with Gasteiger partial charge < -0.3 is 0 Å². The highest BCUT2D eigenvalue weighted by Crippen LogP contribution is 2.06. The van der Waals surface area contributed by atoms with Crippen LogP contribution < -0.4 is 0 Å². The van der Waals surface area contributed by atoms with Crippen LogP contribution in [0, 0.1) is 6.08 Å². The van der Waals surface area contributed by atoms with Gasteiger partial charge in [-0.25, -0.2) is 0 Å². The quantitative estimate of drug-likeness (QED) is 0.528. The van der Waals surface area contributed by atoms with Crippen LogP contribution in [-0.4, -0.2) is 0 Å². The van der Waals surface area contributed by atoms with E-state index in [2.05, 4.69) is 30.4 Å². The zero-order chi connectivity index (χ0) is 9.90. The van der Waals surface area contributed by atoms with Crippen LogP contribution in [-0.2, 0) is 0 Å². The standard InChI is InChI=1S/C14H19/c1-2-4-6-8-10-12-14-13-11-9-7-5-3-1/h1-7H,8,10-14H2. The van der Waals surface area contributed by atoms with Crippen molar-refractivity contribution < 1.29 is 0 Å². The molecule has 0 aromatic heterocycles. The Balaban J connectivity index is 2.36. The largest absolute Gasteiger partial charge is 0.0845 e. The van der Waals surface area contributed by atoms with E-state index in [1.54, 1.807) is 0 Å². The second kappa shape index (κ2) is 8.55. The monoisotopic (exact) mass is 187 g/mol. The van der Waals surface area contributed by atoms with E-state index >= 15 is 0 Å². The topological polar surface area (TPSA) is 0 Å². The fourth-order valence-corrected chi connectivity index (χ4v) is 1.42. The summed E-state index contributed by atoms with van der Waals surface area (Å²) in [5.74, 6) is 0. The number of hydrogen-bond donors (Lipinski definition) is 0. The minimum atomic E-state index is 1.10. The summed E-state index contributed by atoms with van der Waals surface area (Å²) in [5.41, 5.74) is 0. The molecular formula is C14H19. The summed E-state index contributed by atoms with van der Waals surface area (Å²) in [6.45, 7) is 0. The smallest absolute Gasteiger partial charge is 0.0276 e. The molecule has 0 unspecified atom stereocenters. The predicted octanol–water partition coefficient (Wildman–Crippen LogP) is 4.37. The van der Waals surface area contributed by atoms with Gasteiger partial charge in [0, 0.05) is 0 Å². The molecule has 0 fully saturated rings. The Morgan fingerprint density at radius 1 is 0.714 bits per heavy atom. The lowest BCUT2D eigenvalue weighted by molar-refractivity contribution is 0.649. The van der Waals surface area contributed by atoms with E-state index in [0.29, 0.717) is 0 Å². The SMILES string of the molecule is [C]1=CC=CC=CC=CCCCCCC1. The third-order valence-electron chi connectivity index (χ3n) is 2.24. The number of rotatable bonds is 0. The zero-order valence-electron chi connectivity index (χ0n) is 8.78. The molecule has 0 heterocycles. The Hall–Kier alpha value is -1.04. The van der Waals surface area contributed by atoms with Crippen molar-refractivity contribution in [2.75, 3.05) is 0 Å². The van der Waals surface area contributed by atoms with Crippen LogP contribution in [0.15, 0.2) is 42.5 Å². The van der Waals surface area contributed by atoms with Crippen molar-refractivity contribution in [1.29, 1.82) is 0 Å². The summed E-state index contributed by atoms with van der Waals surface area (Å²) >= 11 is 0. The minimum Gasteiger partial charge on any atom is -0.0845 e. The molecule has 1 aliphatic rings. The molecule has 0 heteroatoms. The molecule has 0 amide bonds. The Morgan fingerprint density at radius 3 is 2.50 bits per heavy atom. The number of hydrogen-bond acceptors (Lipinski definition) is 0. The zero-order valence-corrected chi connectivity index (χ0v) is 8.78. The van der Waals surface area contributed by atoms with Crippen LogP contribution in [0.5, 0.6) is 0 Å². The van der Waals surface area contributed by atoms with Crippen LogP contribution in [0.4, 0.5) is 0 Å². The van der Waals surface area contributed by atoms with Gasteiger partial charge in [0.1, 0.15) is 0 Å². The van der Waals surface area contributed by atoms with Gasteiger partial charge >= 0.3 is 0 Å². The van der Waals surface area contributed by atoms with Crippen LogP contribution in [0.25, 0.3) is 0 Å². The molecule has 0 bridgehead atoms. The van der Waals surface area contributed by atoms with Crippen molar-refractivity contribution in [3.05, 3.63) is 48.6 Å². The molecule has 0 aromatic carbocycles. The van der Waals surface area contributed by atoms with E-state index in [0.717, 1.165) is 6.42 Å². The highest BCUT2D eigenvalue weighted by Gasteiger charge is 1.87. The molecule has 0 atom stereocenters. The summed E-state index contributed by atoms with van der Waals surface area (Å²) in [6, 6.07) is 0. The molecular weight excluding hydrogens is 168 g/mol. The molecule has 1 radical (unpaired) electrons. The van der Waals surface area contributed by atoms with Crippen LogP contribution in [0.1, 0.15) is 38.5 Å². The molecule has 0 aliphatic heterocycles. The second-order valence-electron chi connectivity index (χ2n) is 3.52. The van der Waals surface area contributed by atoms with Crippen LogP contribution in [0.3, 0.4) is 0 Å². The molecule has 1 rings (SSSR count). The summed E-state index contributed by atoms with van der Waals surface area (Å²) < 4.78 is 0. The fourth-order valence-electron chi connectivity index (χ4n) is 1.42. The van der Waals surface area contributed by atoms with Crippen LogP contribution >= 0.6 is 0 Å². The lowest BCUT2D eigenvalue weighted by Gasteiger charge is -1.96. The van der Waals surface area contributed by atoms with Gasteiger partial charge in [0.25, 0.3) is 0 Å². The molecule has 0 spiro atoms. The van der Waals surface area contributed by atoms with Gasteiger partial charge in [0.15, 0.2) is 0 Å². The second-order valence-corrected chi connectivity index (χ2v) is 3.52. The van der Waals surface area contributed by atoms with Crippen molar-refractivity contribution in [2.45, 2.75) is 38.5 Å².